The zero-order valence-electron chi connectivity index (χ0n) is 17.2. The number of aromatic nitrogens is 2. The lowest BCUT2D eigenvalue weighted by atomic mass is 10.0. The lowest BCUT2D eigenvalue weighted by Gasteiger charge is -2.12. The van der Waals surface area contributed by atoms with Gasteiger partial charge in [0.25, 0.3) is 0 Å². The Bertz CT molecular complexity index is 1070. The fourth-order valence-electron chi connectivity index (χ4n) is 4.50. The molecule has 4 nitrogen and oxygen atoms in total. The largest absolute Gasteiger partial charge is 0.351 e. The number of hydrogen-bond acceptors (Lipinski definition) is 4. The van der Waals surface area contributed by atoms with Crippen molar-refractivity contribution in [3.63, 3.8) is 0 Å². The normalized spacial score (nSPS) is 18.9. The Labute approximate surface area is 180 Å². The number of halogens is 2. The molecular formula is C25H24F2N4. The minimum atomic E-state index is -0.555. The van der Waals surface area contributed by atoms with Gasteiger partial charge in [-0.1, -0.05) is 43.2 Å². The first-order chi connectivity index (χ1) is 15.2. The second-order valence-corrected chi connectivity index (χ2v) is 8.27. The minimum Gasteiger partial charge on any atom is -0.351 e. The maximum Gasteiger partial charge on any atom is 0.222 e. The molecule has 31 heavy (non-hydrogen) atoms. The molecule has 0 amide bonds. The van der Waals surface area contributed by atoms with Crippen molar-refractivity contribution in [3.8, 4) is 11.1 Å². The first kappa shape index (κ1) is 19.8. The number of nitrogens with one attached hydrogen (secondary N) is 1. The fourth-order valence-corrected chi connectivity index (χ4v) is 4.50. The van der Waals surface area contributed by atoms with Gasteiger partial charge in [0.15, 0.2) is 0 Å². The summed E-state index contributed by atoms with van der Waals surface area (Å²) in [7, 11) is 0. The molecule has 158 valence electrons. The van der Waals surface area contributed by atoms with Gasteiger partial charge in [-0.05, 0) is 48.9 Å². The summed E-state index contributed by atoms with van der Waals surface area (Å²) in [6, 6.07) is 12.4. The average Bonchev–Trinajstić information content (AvgIpc) is 3.47. The van der Waals surface area contributed by atoms with E-state index in [0.29, 0.717) is 24.1 Å². The molecule has 0 saturated heterocycles. The van der Waals surface area contributed by atoms with Crippen LogP contribution in [0.15, 0.2) is 59.9 Å². The van der Waals surface area contributed by atoms with Crippen molar-refractivity contribution >= 4 is 11.7 Å². The maximum absolute atomic E-state index is 14.1. The number of hydrogen-bond donors (Lipinski definition) is 1. The van der Waals surface area contributed by atoms with E-state index in [2.05, 4.69) is 20.3 Å². The van der Waals surface area contributed by atoms with E-state index in [0.717, 1.165) is 23.1 Å². The van der Waals surface area contributed by atoms with E-state index in [1.165, 1.54) is 43.9 Å². The first-order valence-electron chi connectivity index (χ1n) is 10.9. The van der Waals surface area contributed by atoms with Gasteiger partial charge in [0.05, 0.1) is 11.6 Å². The van der Waals surface area contributed by atoms with Gasteiger partial charge in [-0.25, -0.2) is 18.7 Å². The molecular weight excluding hydrogens is 394 g/mol. The summed E-state index contributed by atoms with van der Waals surface area (Å²) in [6.45, 7) is 0. The summed E-state index contributed by atoms with van der Waals surface area (Å²) in [5.41, 5.74) is 3.52. The second-order valence-electron chi connectivity index (χ2n) is 8.27. The summed E-state index contributed by atoms with van der Waals surface area (Å²) in [5, 5.41) is 3.40. The van der Waals surface area contributed by atoms with Crippen LogP contribution in [0.4, 0.5) is 14.7 Å². The molecule has 1 aliphatic heterocycles. The van der Waals surface area contributed by atoms with Crippen LogP contribution in [0.1, 0.15) is 55.7 Å². The van der Waals surface area contributed by atoms with Gasteiger partial charge >= 0.3 is 0 Å². The van der Waals surface area contributed by atoms with Crippen LogP contribution >= 0.6 is 0 Å². The topological polar surface area (TPSA) is 50.2 Å². The van der Waals surface area contributed by atoms with Gasteiger partial charge in [0.2, 0.25) is 5.95 Å². The van der Waals surface area contributed by atoms with E-state index in [9.17, 15) is 8.78 Å². The van der Waals surface area contributed by atoms with E-state index in [1.807, 2.05) is 36.7 Å². The Morgan fingerprint density at radius 2 is 1.48 bits per heavy atom. The van der Waals surface area contributed by atoms with Crippen LogP contribution in [-0.4, -0.2) is 21.7 Å². The molecule has 1 aromatic heterocycles. The van der Waals surface area contributed by atoms with Gasteiger partial charge < -0.3 is 5.32 Å². The van der Waals surface area contributed by atoms with E-state index in [1.54, 1.807) is 0 Å². The van der Waals surface area contributed by atoms with Crippen molar-refractivity contribution in [3.05, 3.63) is 77.6 Å². The number of rotatable bonds is 5. The highest BCUT2D eigenvalue weighted by Crippen LogP contribution is 2.33. The van der Waals surface area contributed by atoms with Crippen LogP contribution in [0.25, 0.3) is 11.1 Å². The molecule has 1 N–H and O–H groups in total. The Morgan fingerprint density at radius 3 is 2.16 bits per heavy atom. The highest BCUT2D eigenvalue weighted by atomic mass is 19.1. The third-order valence-corrected chi connectivity index (χ3v) is 6.19. The van der Waals surface area contributed by atoms with Gasteiger partial charge in [0, 0.05) is 29.7 Å². The lowest BCUT2D eigenvalue weighted by molar-refractivity contribution is 0.578. The number of aliphatic imine (C=N–C) groups is 1. The summed E-state index contributed by atoms with van der Waals surface area (Å²) < 4.78 is 28.2. The smallest absolute Gasteiger partial charge is 0.222 e. The molecule has 3 aromatic rings. The van der Waals surface area contributed by atoms with E-state index in [-0.39, 0.29) is 11.6 Å². The molecule has 1 atom stereocenters. The maximum atomic E-state index is 14.1. The van der Waals surface area contributed by atoms with Crippen molar-refractivity contribution in [1.29, 1.82) is 0 Å². The predicted octanol–water partition coefficient (Wildman–Crippen LogP) is 6.10. The molecule has 2 aromatic carbocycles. The average molecular weight is 418 g/mol. The zero-order chi connectivity index (χ0) is 21.2. The van der Waals surface area contributed by atoms with Crippen molar-refractivity contribution in [1.82, 2.24) is 9.97 Å². The van der Waals surface area contributed by atoms with Crippen LogP contribution in [0.3, 0.4) is 0 Å². The van der Waals surface area contributed by atoms with Gasteiger partial charge in [-0.15, -0.1) is 0 Å². The summed E-state index contributed by atoms with van der Waals surface area (Å²) in [5.74, 6) is -0.429. The van der Waals surface area contributed by atoms with Crippen LogP contribution in [0, 0.1) is 11.6 Å². The third kappa shape index (κ3) is 4.20. The van der Waals surface area contributed by atoms with Crippen molar-refractivity contribution in [2.24, 2.45) is 4.99 Å². The van der Waals surface area contributed by atoms with Crippen LogP contribution < -0.4 is 5.32 Å². The highest BCUT2D eigenvalue weighted by molar-refractivity contribution is 6.02. The van der Waals surface area contributed by atoms with Gasteiger partial charge in [0.1, 0.15) is 11.6 Å². The molecule has 1 unspecified atom stereocenters. The number of benzene rings is 2. The summed E-state index contributed by atoms with van der Waals surface area (Å²) >= 11 is 0. The zero-order valence-corrected chi connectivity index (χ0v) is 17.2. The highest BCUT2D eigenvalue weighted by Gasteiger charge is 2.24. The Balaban J connectivity index is 1.29. The molecule has 0 bridgehead atoms. The minimum absolute atomic E-state index is 0.00470. The Hall–Kier alpha value is -3.15. The lowest BCUT2D eigenvalue weighted by Crippen LogP contribution is -2.16. The monoisotopic (exact) mass is 418 g/mol. The van der Waals surface area contributed by atoms with Crippen molar-refractivity contribution in [2.75, 3.05) is 5.32 Å². The molecule has 5 rings (SSSR count). The second kappa shape index (κ2) is 8.53. The summed E-state index contributed by atoms with van der Waals surface area (Å²) in [6.07, 6.45) is 9.88. The molecule has 1 fully saturated rings. The quantitative estimate of drug-likeness (QED) is 0.545. The number of nitrogens with zero attached hydrogens (tertiary/aromatic N) is 3. The summed E-state index contributed by atoms with van der Waals surface area (Å²) in [4.78, 5) is 13.5. The Morgan fingerprint density at radius 1 is 0.806 bits per heavy atom. The molecule has 0 radical (unpaired) electrons. The van der Waals surface area contributed by atoms with Crippen molar-refractivity contribution in [2.45, 2.75) is 50.6 Å². The van der Waals surface area contributed by atoms with E-state index in [4.69, 9.17) is 0 Å². The fraction of sp³-hybridized carbons (Fsp3) is 0.320. The SMILES string of the molecule is Fc1cccc(F)c1C1=NC(c2ccc(-c3cnc(NC4CCCC4)nc3)cc2)CC1. The van der Waals surface area contributed by atoms with Crippen LogP contribution in [0.5, 0.6) is 0 Å². The van der Waals surface area contributed by atoms with Crippen molar-refractivity contribution < 1.29 is 8.78 Å². The molecule has 0 spiro atoms. The van der Waals surface area contributed by atoms with Crippen LogP contribution in [-0.2, 0) is 0 Å². The molecule has 1 saturated carbocycles. The predicted molar refractivity (Wildman–Crippen MR) is 118 cm³/mol. The standard InChI is InChI=1S/C25H24F2N4/c26-20-6-3-7-21(27)24(20)23-13-12-22(31-23)17-10-8-16(9-11-17)18-14-28-25(29-15-18)30-19-4-1-2-5-19/h3,6-11,14-15,19,22H,1-2,4-5,12-13H2,(H,28,29,30). The third-order valence-electron chi connectivity index (χ3n) is 6.19. The van der Waals surface area contributed by atoms with E-state index < -0.39 is 11.6 Å². The molecule has 6 heteroatoms. The molecule has 2 aliphatic rings. The molecule has 2 heterocycles. The number of anilines is 1. The van der Waals surface area contributed by atoms with Gasteiger partial charge in [-0.3, -0.25) is 4.99 Å². The Kier molecular flexibility index (Phi) is 5.45. The van der Waals surface area contributed by atoms with E-state index >= 15 is 0 Å². The first-order valence-corrected chi connectivity index (χ1v) is 10.9. The molecule has 1 aliphatic carbocycles. The van der Waals surface area contributed by atoms with Gasteiger partial charge in [-0.2, -0.15) is 0 Å². The van der Waals surface area contributed by atoms with Crippen LogP contribution in [0.2, 0.25) is 0 Å².